The molecule has 2 atom stereocenters. The number of hydrogen-bond donors (Lipinski definition) is 3. The molecule has 0 fully saturated rings. The van der Waals surface area contributed by atoms with Gasteiger partial charge in [-0.1, -0.05) is 217 Å². The fourth-order valence-electron chi connectivity index (χ4n) is 12.3. The van der Waals surface area contributed by atoms with E-state index in [1.807, 2.05) is 6.92 Å². The lowest BCUT2D eigenvalue weighted by Crippen LogP contribution is -2.02. The van der Waals surface area contributed by atoms with Gasteiger partial charge in [0.2, 0.25) is 0 Å². The summed E-state index contributed by atoms with van der Waals surface area (Å²) in [4.78, 5) is 26.9. The Balaban J connectivity index is 4.36. The highest BCUT2D eigenvalue weighted by Gasteiger charge is 2.32. The second-order valence-electron chi connectivity index (χ2n) is 31.6. The fraction of sp³-hybridized carbons (Fsp3) is 0.621. The highest BCUT2D eigenvalue weighted by molar-refractivity contribution is 7.60. The van der Waals surface area contributed by atoms with E-state index in [-0.39, 0.29) is 12.5 Å². The smallest absolute Gasteiger partial charge is 0.302 e. The number of phosphoric ester groups is 1. The number of allylic oxidation sites excluding steroid dienone is 36. The van der Waals surface area contributed by atoms with Crippen molar-refractivity contribution in [1.82, 2.24) is 0 Å². The van der Waals surface area contributed by atoms with Crippen LogP contribution < -0.4 is 0 Å². The first-order valence-electron chi connectivity index (χ1n) is 40.8. The molecule has 0 saturated heterocycles. The van der Waals surface area contributed by atoms with Crippen molar-refractivity contribution in [2.24, 2.45) is 5.92 Å². The molecule has 2 unspecified atom stereocenters. The Kier molecular flexibility index (Phi) is 59.8. The highest BCUT2D eigenvalue weighted by atomic mass is 31.3. The molecule has 0 amide bonds. The molecule has 3 N–H and O–H groups in total. The summed E-state index contributed by atoms with van der Waals surface area (Å²) in [6, 6.07) is 0. The van der Waals surface area contributed by atoms with Crippen LogP contribution in [0.5, 0.6) is 0 Å². The molecule has 0 bridgehead atoms. The highest BCUT2D eigenvalue weighted by Crippen LogP contribution is 2.57. The summed E-state index contributed by atoms with van der Waals surface area (Å²) in [5.74, 6) is 0.218. The van der Waals surface area contributed by atoms with E-state index in [4.69, 9.17) is 9.79 Å². The average molecular weight is 1470 g/mol. The summed E-state index contributed by atoms with van der Waals surface area (Å²) < 4.78 is 30.9. The standard InChI is InChI=1S/C95H158O7P2/c1-77(2)39-21-40-78(3)41-22-42-79(4)43-23-44-80(5)45-24-46-81(6)47-25-48-82(7)49-26-50-83(8)51-27-52-84(9)53-28-54-85(10)55-29-56-86(11)57-30-58-87(12)59-31-60-88(13)61-32-62-89(14)63-33-64-90(15)65-34-66-91(16)67-35-68-92(17)69-36-70-93(18)71-37-72-94(19)73-38-74-95(20)75-76-101-104(99,100)102-103(96,97)98/h39,41,43,45,47,49,51,53,55,57,59,61,63,65,67,69,71,73,95H,21-38,40,42,44,46,48,50,52,54,56,58,60,62,64,66,68,70,72,74-76H2,1-20H3,(H,99,100)(H2,96,97,98)/b78-41+,79-43+,80-45-,81-47-,82-49-,83-51-,84-53-,85-55-,86-57-,87-59-,88-61-,89-63-,90-65-,91-67-,92-69-,93-71-,94-73-. The van der Waals surface area contributed by atoms with Crippen LogP contribution in [-0.2, 0) is 18.0 Å². The molecule has 104 heavy (non-hydrogen) atoms. The molecule has 0 aromatic carbocycles. The van der Waals surface area contributed by atoms with Crippen molar-refractivity contribution in [3.05, 3.63) is 210 Å². The second-order valence-corrected chi connectivity index (χ2v) is 34.5. The van der Waals surface area contributed by atoms with Gasteiger partial charge in [-0.2, -0.15) is 4.31 Å². The molecular formula is C95H158O7P2. The van der Waals surface area contributed by atoms with Crippen LogP contribution >= 0.6 is 15.6 Å². The van der Waals surface area contributed by atoms with Crippen LogP contribution in [0.3, 0.4) is 0 Å². The minimum atomic E-state index is -5.10. The van der Waals surface area contributed by atoms with Crippen LogP contribution in [0.1, 0.15) is 376 Å². The molecular weight excluding hydrogens is 1310 g/mol. The Labute approximate surface area is 642 Å². The molecule has 0 aromatic rings. The number of hydrogen-bond acceptors (Lipinski definition) is 4. The van der Waals surface area contributed by atoms with Gasteiger partial charge in [-0.15, -0.1) is 0 Å². The van der Waals surface area contributed by atoms with E-state index in [2.05, 4.69) is 250 Å². The second kappa shape index (κ2) is 62.5. The predicted octanol–water partition coefficient (Wildman–Crippen LogP) is 32.3. The zero-order valence-electron chi connectivity index (χ0n) is 70.7. The molecule has 0 rings (SSSR count). The van der Waals surface area contributed by atoms with Crippen LogP contribution in [0.25, 0.3) is 0 Å². The zero-order valence-corrected chi connectivity index (χ0v) is 72.5. The van der Waals surface area contributed by atoms with E-state index < -0.39 is 15.6 Å². The molecule has 9 heteroatoms. The summed E-state index contributed by atoms with van der Waals surface area (Å²) in [5.41, 5.74) is 26.9. The monoisotopic (exact) mass is 1470 g/mol. The van der Waals surface area contributed by atoms with Crippen molar-refractivity contribution in [3.8, 4) is 0 Å². The Morgan fingerprint density at radius 1 is 0.240 bits per heavy atom. The maximum absolute atomic E-state index is 11.6. The van der Waals surface area contributed by atoms with Gasteiger partial charge in [-0.3, -0.25) is 4.52 Å². The van der Waals surface area contributed by atoms with Gasteiger partial charge in [0.15, 0.2) is 0 Å². The van der Waals surface area contributed by atoms with Crippen molar-refractivity contribution in [1.29, 1.82) is 0 Å². The van der Waals surface area contributed by atoms with Crippen LogP contribution in [0.2, 0.25) is 0 Å². The lowest BCUT2D eigenvalue weighted by molar-refractivity contribution is 0.170. The fourth-order valence-corrected chi connectivity index (χ4v) is 13.9. The van der Waals surface area contributed by atoms with E-state index in [1.54, 1.807) is 0 Å². The minimum Gasteiger partial charge on any atom is -0.302 e. The van der Waals surface area contributed by atoms with E-state index >= 15 is 0 Å². The Bertz CT molecular complexity index is 3110. The molecule has 0 saturated carbocycles. The van der Waals surface area contributed by atoms with Crippen molar-refractivity contribution in [2.75, 3.05) is 6.61 Å². The molecule has 0 radical (unpaired) electrons. The maximum atomic E-state index is 11.6. The molecule has 0 heterocycles. The number of phosphoric acid groups is 2. The third kappa shape index (κ3) is 67.0. The van der Waals surface area contributed by atoms with Gasteiger partial charge in [0.05, 0.1) is 6.61 Å². The van der Waals surface area contributed by atoms with Crippen LogP contribution in [0, 0.1) is 5.92 Å². The van der Waals surface area contributed by atoms with Gasteiger partial charge < -0.3 is 14.7 Å². The van der Waals surface area contributed by atoms with Gasteiger partial charge in [0.25, 0.3) is 0 Å². The molecule has 0 aromatic heterocycles. The summed E-state index contributed by atoms with van der Waals surface area (Å²) in [6.45, 7) is 45.2. The molecule has 590 valence electrons. The molecule has 0 aliphatic rings. The van der Waals surface area contributed by atoms with Gasteiger partial charge in [0, 0.05) is 0 Å². The maximum Gasteiger partial charge on any atom is 0.481 e. The first-order valence-corrected chi connectivity index (χ1v) is 43.8. The van der Waals surface area contributed by atoms with Gasteiger partial charge >= 0.3 is 15.6 Å². The Hall–Kier alpha value is -4.42. The normalized spacial score (nSPS) is 16.0. The minimum absolute atomic E-state index is 0.114. The Morgan fingerprint density at radius 2 is 0.385 bits per heavy atom. The summed E-state index contributed by atoms with van der Waals surface area (Å²) in [5, 5.41) is 0. The van der Waals surface area contributed by atoms with Crippen LogP contribution in [-0.4, -0.2) is 21.3 Å². The Morgan fingerprint density at radius 3 is 0.529 bits per heavy atom. The summed E-state index contributed by atoms with van der Waals surface area (Å²) in [7, 11) is -9.87. The predicted molar refractivity (Wildman–Crippen MR) is 462 cm³/mol. The van der Waals surface area contributed by atoms with Gasteiger partial charge in [0.1, 0.15) is 0 Å². The SMILES string of the molecule is CC(C)=CCC/C(C)=C/CC/C(C)=C/CC/C(C)=C\CC/C(C)=C\CC/C(C)=C\CC/C(C)=C\CC/C(C)=C\CC/C(C)=C\CC/C(C)=C\CC/C(C)=C\CC/C(C)=C\CC/C(C)=C\CC/C(C)=C\CC/C(C)=C\CC/C(C)=C\CC/C(C)=C\CC/C(C)=C\CCC(C)CCOP(=O)(O)OP(=O)(O)O. The third-order valence-electron chi connectivity index (χ3n) is 19.8. The van der Waals surface area contributed by atoms with Crippen LogP contribution in [0.15, 0.2) is 210 Å². The quantitative estimate of drug-likeness (QED) is 0.0411. The molecule has 0 aliphatic carbocycles. The van der Waals surface area contributed by atoms with Crippen molar-refractivity contribution >= 4 is 15.6 Å². The lowest BCUT2D eigenvalue weighted by Gasteiger charge is -2.14. The molecule has 0 spiro atoms. The first-order chi connectivity index (χ1) is 49.2. The van der Waals surface area contributed by atoms with Crippen LogP contribution in [0.4, 0.5) is 0 Å². The van der Waals surface area contributed by atoms with E-state index in [0.29, 0.717) is 6.42 Å². The number of rotatable bonds is 60. The van der Waals surface area contributed by atoms with Gasteiger partial charge in [-0.05, 0) is 375 Å². The van der Waals surface area contributed by atoms with Gasteiger partial charge in [-0.25, -0.2) is 9.13 Å². The molecule has 0 aliphatic heterocycles. The van der Waals surface area contributed by atoms with Crippen molar-refractivity contribution in [3.63, 3.8) is 0 Å². The first kappa shape index (κ1) is 99.6. The zero-order chi connectivity index (χ0) is 78.0. The summed E-state index contributed by atoms with van der Waals surface area (Å²) in [6.07, 6.45) is 84.7. The van der Waals surface area contributed by atoms with Crippen molar-refractivity contribution < 1.29 is 32.6 Å². The van der Waals surface area contributed by atoms with E-state index in [9.17, 15) is 14.0 Å². The largest absolute Gasteiger partial charge is 0.481 e. The molecule has 7 nitrogen and oxygen atoms in total. The lowest BCUT2D eigenvalue weighted by atomic mass is 10.0. The average Bonchev–Trinajstić information content (AvgIpc) is 0.886. The summed E-state index contributed by atoms with van der Waals surface area (Å²) >= 11 is 0. The topological polar surface area (TPSA) is 113 Å². The van der Waals surface area contributed by atoms with E-state index in [0.717, 1.165) is 199 Å². The third-order valence-corrected chi connectivity index (χ3v) is 22.0. The van der Waals surface area contributed by atoms with E-state index in [1.165, 1.54) is 132 Å². The van der Waals surface area contributed by atoms with Crippen molar-refractivity contribution in [2.45, 2.75) is 376 Å².